The van der Waals surface area contributed by atoms with Gasteiger partial charge in [-0.2, -0.15) is 0 Å². The van der Waals surface area contributed by atoms with Gasteiger partial charge in [0.25, 0.3) is 0 Å². The highest BCUT2D eigenvalue weighted by Gasteiger charge is 2.38. The Morgan fingerprint density at radius 1 is 0.755 bits per heavy atom. The van der Waals surface area contributed by atoms with Crippen LogP contribution in [0.1, 0.15) is 165 Å². The summed E-state index contributed by atoms with van der Waals surface area (Å²) < 4.78 is 11.4. The minimum atomic E-state index is -0.564. The normalized spacial score (nSPS) is 17.3. The summed E-state index contributed by atoms with van der Waals surface area (Å²) in [7, 11) is 0. The van der Waals surface area contributed by atoms with Gasteiger partial charge in [-0.1, -0.05) is 20.8 Å². The van der Waals surface area contributed by atoms with Crippen LogP contribution in [0.25, 0.3) is 6.08 Å². The van der Waals surface area contributed by atoms with Gasteiger partial charge in [0.1, 0.15) is 22.6 Å². The number of aliphatic imine (C=N–C) groups is 1. The zero-order valence-corrected chi connectivity index (χ0v) is 32.0. The fourth-order valence-corrected chi connectivity index (χ4v) is 7.67. The molecular weight excluding hydrogens is 612 g/mol. The molecule has 8 nitrogen and oxygen atoms in total. The van der Waals surface area contributed by atoms with Crippen molar-refractivity contribution >= 4 is 23.7 Å². The van der Waals surface area contributed by atoms with Gasteiger partial charge in [-0.15, -0.1) is 0 Å². The molecule has 2 aliphatic rings. The van der Waals surface area contributed by atoms with E-state index in [0.717, 1.165) is 83.0 Å². The maximum Gasteiger partial charge on any atom is 0.355 e. The molecule has 1 atom stereocenters. The number of ether oxygens (including phenoxy) is 2. The fourth-order valence-electron chi connectivity index (χ4n) is 7.67. The molecule has 0 bridgehead atoms. The number of allylic oxidation sites excluding steroid dienone is 2. The first-order chi connectivity index (χ1) is 22.9. The van der Waals surface area contributed by atoms with E-state index in [4.69, 9.17) is 14.5 Å². The first kappa shape index (κ1) is 36.2. The van der Waals surface area contributed by atoms with Gasteiger partial charge in [-0.3, -0.25) is 4.99 Å². The molecule has 0 radical (unpaired) electrons. The zero-order valence-electron chi connectivity index (χ0n) is 32.0. The third-order valence-corrected chi connectivity index (χ3v) is 10.0. The van der Waals surface area contributed by atoms with Crippen LogP contribution in [-0.4, -0.2) is 43.8 Å². The van der Waals surface area contributed by atoms with E-state index in [9.17, 15) is 9.59 Å². The number of esters is 2. The Kier molecular flexibility index (Phi) is 9.85. The van der Waals surface area contributed by atoms with Crippen LogP contribution in [0.5, 0.6) is 0 Å². The maximum atomic E-state index is 13.1. The Morgan fingerprint density at radius 3 is 1.86 bits per heavy atom. The van der Waals surface area contributed by atoms with E-state index < -0.39 is 11.2 Å². The molecule has 0 aromatic carbocycles. The quantitative estimate of drug-likeness (QED) is 0.197. The average molecular weight is 669 g/mol. The lowest BCUT2D eigenvalue weighted by molar-refractivity contribution is 0.00501. The largest absolute Gasteiger partial charge is 0.455 e. The van der Waals surface area contributed by atoms with Crippen molar-refractivity contribution in [3.05, 3.63) is 84.4 Å². The van der Waals surface area contributed by atoms with Gasteiger partial charge in [0.05, 0.1) is 11.4 Å². The molecule has 1 saturated carbocycles. The number of rotatable bonds is 9. The Labute approximate surface area is 292 Å². The van der Waals surface area contributed by atoms with E-state index in [-0.39, 0.29) is 17.9 Å². The van der Waals surface area contributed by atoms with E-state index in [1.807, 2.05) is 55.4 Å². The number of nitrogens with one attached hydrogen (secondary N) is 3. The molecule has 0 spiro atoms. The fraction of sp³-hybridized carbons (Fsp3) is 0.537. The van der Waals surface area contributed by atoms with Crippen LogP contribution in [0.3, 0.4) is 0 Å². The number of aromatic nitrogens is 3. The smallest absolute Gasteiger partial charge is 0.355 e. The second kappa shape index (κ2) is 13.3. The van der Waals surface area contributed by atoms with Gasteiger partial charge in [0, 0.05) is 35.1 Å². The van der Waals surface area contributed by atoms with Crippen molar-refractivity contribution in [2.24, 2.45) is 4.99 Å². The number of aromatic amines is 3. The summed E-state index contributed by atoms with van der Waals surface area (Å²) in [6.07, 6.45) is 7.33. The predicted octanol–water partition coefficient (Wildman–Crippen LogP) is 9.47. The monoisotopic (exact) mass is 668 g/mol. The van der Waals surface area contributed by atoms with Crippen molar-refractivity contribution in [1.29, 1.82) is 0 Å². The Morgan fingerprint density at radius 2 is 1.31 bits per heavy atom. The maximum absolute atomic E-state index is 13.1. The molecule has 8 heteroatoms. The third kappa shape index (κ3) is 7.01. The van der Waals surface area contributed by atoms with Crippen molar-refractivity contribution in [3.8, 4) is 0 Å². The molecule has 5 rings (SSSR count). The van der Waals surface area contributed by atoms with Crippen molar-refractivity contribution in [2.75, 3.05) is 0 Å². The predicted molar refractivity (Wildman–Crippen MR) is 198 cm³/mol. The summed E-state index contributed by atoms with van der Waals surface area (Å²) in [5, 5.41) is 0. The molecule has 1 aliphatic heterocycles. The summed E-state index contributed by atoms with van der Waals surface area (Å²) in [5.74, 6) is -0.519. The van der Waals surface area contributed by atoms with Crippen LogP contribution in [0.4, 0.5) is 0 Å². The number of nitrogens with zero attached hydrogens (tertiary/aromatic N) is 1. The van der Waals surface area contributed by atoms with Crippen LogP contribution in [0.2, 0.25) is 0 Å². The second-order valence-corrected chi connectivity index (χ2v) is 15.7. The van der Waals surface area contributed by atoms with E-state index in [2.05, 4.69) is 55.6 Å². The van der Waals surface area contributed by atoms with Crippen LogP contribution in [0.15, 0.2) is 21.8 Å². The Bertz CT molecular complexity index is 1890. The molecule has 4 heterocycles. The lowest BCUT2D eigenvalue weighted by Crippen LogP contribution is -2.24. The van der Waals surface area contributed by atoms with Gasteiger partial charge in [0.15, 0.2) is 0 Å². The summed E-state index contributed by atoms with van der Waals surface area (Å²) in [6.45, 7) is 26.2. The molecule has 3 aromatic rings. The molecule has 264 valence electrons. The minimum Gasteiger partial charge on any atom is -0.455 e. The number of carbonyl (C=O) groups is 2. The van der Waals surface area contributed by atoms with Gasteiger partial charge in [-0.05, 0) is 152 Å². The highest BCUT2D eigenvalue weighted by molar-refractivity contribution is 6.11. The van der Waals surface area contributed by atoms with Crippen LogP contribution in [-0.2, 0) is 35.2 Å². The molecule has 3 N–H and O–H groups in total. The van der Waals surface area contributed by atoms with E-state index in [1.54, 1.807) is 0 Å². The van der Waals surface area contributed by atoms with Gasteiger partial charge in [0.2, 0.25) is 0 Å². The van der Waals surface area contributed by atoms with Gasteiger partial charge < -0.3 is 24.4 Å². The molecule has 0 amide bonds. The number of fused-ring (bicyclic) bond motifs is 1. The van der Waals surface area contributed by atoms with Gasteiger partial charge in [-0.25, -0.2) is 9.59 Å². The molecule has 49 heavy (non-hydrogen) atoms. The van der Waals surface area contributed by atoms with Crippen LogP contribution < -0.4 is 0 Å². The average Bonchev–Trinajstić information content (AvgIpc) is 3.77. The van der Waals surface area contributed by atoms with Crippen molar-refractivity contribution in [1.82, 2.24) is 15.0 Å². The molecule has 3 aromatic heterocycles. The van der Waals surface area contributed by atoms with Crippen molar-refractivity contribution < 1.29 is 19.1 Å². The number of H-pyrrole nitrogens is 3. The SMILES string of the molecule is CCc1c(/C=C2/N=C3C(=C2C)CCC3c2[nH]c(C(=O)OC(C)(C)C)c(C)c2CC)[nH]c(Cc2[nH]c(C(=O)OC(C)(C)C)c(C)c2CC)c1C. The van der Waals surface area contributed by atoms with Crippen molar-refractivity contribution in [2.45, 2.75) is 146 Å². The standard InChI is InChI=1S/C41H56N4O4/c1-14-25-21(4)30(19-33-26(15-2)23(6)34(44-33)38(46)48-40(8,9)10)42-32(25)20-31-22(5)28-17-18-29(37(28)43-31)36-27(16-3)24(7)35(45-36)39(47)49-41(11,12)13/h20,29,42,44-45H,14-19H2,1-13H3/b31-20+. The lowest BCUT2D eigenvalue weighted by Gasteiger charge is -2.19. The minimum absolute atomic E-state index is 0.107. The molecule has 1 fully saturated rings. The Hall–Kier alpha value is -4.07. The molecular formula is C41H56N4O4. The first-order valence-corrected chi connectivity index (χ1v) is 18.0. The van der Waals surface area contributed by atoms with Crippen LogP contribution >= 0.6 is 0 Å². The lowest BCUT2D eigenvalue weighted by atomic mass is 9.95. The van der Waals surface area contributed by atoms with Crippen molar-refractivity contribution in [3.63, 3.8) is 0 Å². The second-order valence-electron chi connectivity index (χ2n) is 15.7. The zero-order chi connectivity index (χ0) is 36.2. The summed E-state index contributed by atoms with van der Waals surface area (Å²) in [6, 6.07) is 0. The number of carbonyl (C=O) groups excluding carboxylic acids is 2. The molecule has 0 saturated heterocycles. The molecule has 1 unspecified atom stereocenters. The number of hydrogen-bond acceptors (Lipinski definition) is 5. The highest BCUT2D eigenvalue weighted by Crippen LogP contribution is 2.45. The number of hydrogen-bond donors (Lipinski definition) is 3. The summed E-state index contributed by atoms with van der Waals surface area (Å²) >= 11 is 0. The summed E-state index contributed by atoms with van der Waals surface area (Å²) in [5.41, 5.74) is 15.7. The van der Waals surface area contributed by atoms with Crippen LogP contribution in [0, 0.1) is 20.8 Å². The highest BCUT2D eigenvalue weighted by atomic mass is 16.6. The van der Waals surface area contributed by atoms with Gasteiger partial charge >= 0.3 is 11.9 Å². The first-order valence-electron chi connectivity index (χ1n) is 18.0. The Balaban J connectivity index is 1.48. The van der Waals surface area contributed by atoms with E-state index >= 15 is 0 Å². The summed E-state index contributed by atoms with van der Waals surface area (Å²) in [4.78, 5) is 42.1. The van der Waals surface area contributed by atoms with E-state index in [1.165, 1.54) is 27.8 Å². The third-order valence-electron chi connectivity index (χ3n) is 10.0. The van der Waals surface area contributed by atoms with E-state index in [0.29, 0.717) is 17.8 Å². The topological polar surface area (TPSA) is 112 Å². The molecule has 1 aliphatic carbocycles.